The molecule has 11 heteroatoms. The van der Waals surface area contributed by atoms with Crippen molar-refractivity contribution in [2.45, 2.75) is 24.6 Å². The molecular formula is C35H26F7NO3. The van der Waals surface area contributed by atoms with Gasteiger partial charge in [-0.25, -0.2) is 4.39 Å². The second-order valence-corrected chi connectivity index (χ2v) is 10.3. The van der Waals surface area contributed by atoms with Crippen molar-refractivity contribution in [2.75, 3.05) is 11.9 Å². The van der Waals surface area contributed by atoms with E-state index >= 15 is 0 Å². The quantitative estimate of drug-likeness (QED) is 0.146. The summed E-state index contributed by atoms with van der Waals surface area (Å²) in [5.74, 6) is -0.599. The predicted octanol–water partition coefficient (Wildman–Crippen LogP) is 10.1. The fraction of sp³-hybridized carbons (Fsp3) is 0.143. The summed E-state index contributed by atoms with van der Waals surface area (Å²) in [6.45, 7) is 0.00678. The Labute approximate surface area is 260 Å². The lowest BCUT2D eigenvalue weighted by Crippen LogP contribution is -2.38. The Bertz CT molecular complexity index is 1680. The Hall–Kier alpha value is -5.19. The molecule has 0 atom stereocenters. The summed E-state index contributed by atoms with van der Waals surface area (Å²) in [5, 5.41) is 3.31. The van der Waals surface area contributed by atoms with Crippen molar-refractivity contribution in [1.82, 2.24) is 0 Å². The highest BCUT2D eigenvalue weighted by molar-refractivity contribution is 5.53. The van der Waals surface area contributed by atoms with E-state index in [9.17, 15) is 30.7 Å². The van der Waals surface area contributed by atoms with E-state index in [1.54, 1.807) is 54.6 Å². The molecule has 0 saturated heterocycles. The third-order valence-electron chi connectivity index (χ3n) is 7.07. The molecule has 0 bridgehead atoms. The smallest absolute Gasteiger partial charge is 0.457 e. The minimum atomic E-state index is -4.97. The number of alkyl halides is 6. The number of hydrogen-bond donors (Lipinski definition) is 1. The molecule has 0 aliphatic heterocycles. The van der Waals surface area contributed by atoms with Crippen molar-refractivity contribution < 1.29 is 44.9 Å². The lowest BCUT2D eigenvalue weighted by molar-refractivity contribution is -0.275. The topological polar surface area (TPSA) is 39.7 Å². The molecule has 0 heterocycles. The molecule has 0 spiro atoms. The second-order valence-electron chi connectivity index (χ2n) is 10.3. The van der Waals surface area contributed by atoms with Crippen molar-refractivity contribution in [1.29, 1.82) is 0 Å². The van der Waals surface area contributed by atoms with Crippen LogP contribution in [0.1, 0.15) is 16.7 Å². The number of ether oxygens (including phenoxy) is 3. The minimum absolute atomic E-state index is 0.00678. The second kappa shape index (κ2) is 13.4. The van der Waals surface area contributed by atoms with Gasteiger partial charge in [0.05, 0.1) is 0 Å². The van der Waals surface area contributed by atoms with E-state index in [2.05, 4.69) is 14.8 Å². The fourth-order valence-corrected chi connectivity index (χ4v) is 5.12. The van der Waals surface area contributed by atoms with Gasteiger partial charge >= 0.3 is 12.7 Å². The first-order valence-corrected chi connectivity index (χ1v) is 13.9. The van der Waals surface area contributed by atoms with Crippen molar-refractivity contribution in [2.24, 2.45) is 0 Å². The van der Waals surface area contributed by atoms with Gasteiger partial charge in [0.2, 0.25) is 0 Å². The molecule has 46 heavy (non-hydrogen) atoms. The maximum absolute atomic E-state index is 13.4. The average molecular weight is 642 g/mol. The monoisotopic (exact) mass is 641 g/mol. The van der Waals surface area contributed by atoms with Crippen LogP contribution in [0.4, 0.5) is 36.4 Å². The van der Waals surface area contributed by atoms with E-state index in [0.717, 1.165) is 17.7 Å². The van der Waals surface area contributed by atoms with Crippen LogP contribution < -0.4 is 19.5 Å². The first-order valence-electron chi connectivity index (χ1n) is 13.9. The zero-order valence-corrected chi connectivity index (χ0v) is 23.9. The van der Waals surface area contributed by atoms with Crippen molar-refractivity contribution >= 4 is 5.69 Å². The predicted molar refractivity (Wildman–Crippen MR) is 159 cm³/mol. The lowest BCUT2D eigenvalue weighted by Gasteiger charge is -2.36. The molecule has 0 fully saturated rings. The normalized spacial score (nSPS) is 12.0. The molecule has 0 radical (unpaired) electrons. The highest BCUT2D eigenvalue weighted by atomic mass is 19.4. The summed E-state index contributed by atoms with van der Waals surface area (Å²) >= 11 is 0. The van der Waals surface area contributed by atoms with Gasteiger partial charge in [0.1, 0.15) is 28.8 Å². The van der Waals surface area contributed by atoms with Gasteiger partial charge in [0.25, 0.3) is 0 Å². The largest absolute Gasteiger partial charge is 0.573 e. The Morgan fingerprint density at radius 1 is 0.522 bits per heavy atom. The highest BCUT2D eigenvalue weighted by Gasteiger charge is 2.38. The molecule has 4 nitrogen and oxygen atoms in total. The molecule has 238 valence electrons. The van der Waals surface area contributed by atoms with Crippen molar-refractivity contribution in [3.05, 3.63) is 150 Å². The standard InChI is InChI=1S/C35H26F7NO3/c36-27-15-17-29(18-16-27)44-30-12-6-11-28(21-30)43-23-33(22-24-7-2-1-3-8-24,25-9-4-13-31(19-25)45-34(37,38)39)26-10-5-14-32(20-26)46-35(40,41)42/h1-21,43H,22-23H2. The summed E-state index contributed by atoms with van der Waals surface area (Å²) < 4.78 is 107. The van der Waals surface area contributed by atoms with Crippen LogP contribution in [0.3, 0.4) is 0 Å². The molecule has 0 saturated carbocycles. The molecule has 0 aromatic heterocycles. The number of rotatable bonds is 11. The van der Waals surface area contributed by atoms with E-state index < -0.39 is 35.5 Å². The first-order chi connectivity index (χ1) is 21.9. The summed E-state index contributed by atoms with van der Waals surface area (Å²) in [6.07, 6.45) is -9.77. The molecule has 0 unspecified atom stereocenters. The van der Waals surface area contributed by atoms with Crippen LogP contribution in [0.15, 0.2) is 127 Å². The third-order valence-corrected chi connectivity index (χ3v) is 7.07. The van der Waals surface area contributed by atoms with Crippen LogP contribution in [0.2, 0.25) is 0 Å². The van der Waals surface area contributed by atoms with Crippen molar-refractivity contribution in [3.63, 3.8) is 0 Å². The maximum Gasteiger partial charge on any atom is 0.573 e. The average Bonchev–Trinajstić information content (AvgIpc) is 3.00. The molecule has 5 aromatic carbocycles. The molecule has 5 aromatic rings. The SMILES string of the molecule is Fc1ccc(Oc2cccc(NCC(Cc3ccccc3)(c3cccc(OC(F)(F)F)c3)c3cccc(OC(F)(F)F)c3)c2)cc1. The summed E-state index contributed by atoms with van der Waals surface area (Å²) in [4.78, 5) is 0. The van der Waals surface area contributed by atoms with Crippen LogP contribution in [0.5, 0.6) is 23.0 Å². The van der Waals surface area contributed by atoms with Gasteiger partial charge in [-0.1, -0.05) is 60.7 Å². The number of hydrogen-bond acceptors (Lipinski definition) is 4. The molecule has 0 aliphatic carbocycles. The van der Waals surface area contributed by atoms with Crippen LogP contribution in [-0.4, -0.2) is 19.3 Å². The van der Waals surface area contributed by atoms with E-state index in [4.69, 9.17) is 4.74 Å². The van der Waals surface area contributed by atoms with Crippen molar-refractivity contribution in [3.8, 4) is 23.0 Å². The van der Waals surface area contributed by atoms with E-state index in [0.29, 0.717) is 28.3 Å². The Morgan fingerprint density at radius 3 is 1.63 bits per heavy atom. The number of anilines is 1. The fourth-order valence-electron chi connectivity index (χ4n) is 5.12. The Morgan fingerprint density at radius 2 is 1.07 bits per heavy atom. The number of nitrogens with one attached hydrogen (secondary N) is 1. The zero-order valence-electron chi connectivity index (χ0n) is 23.9. The van der Waals surface area contributed by atoms with Gasteiger partial charge < -0.3 is 19.5 Å². The number of halogens is 7. The van der Waals surface area contributed by atoms with Gasteiger partial charge in [-0.05, 0) is 83.8 Å². The van der Waals surface area contributed by atoms with Gasteiger partial charge in [-0.15, -0.1) is 26.3 Å². The first kappa shape index (κ1) is 32.2. The van der Waals surface area contributed by atoms with E-state index in [1.807, 2.05) is 12.1 Å². The highest BCUT2D eigenvalue weighted by Crippen LogP contribution is 2.40. The molecule has 5 rings (SSSR count). The summed E-state index contributed by atoms with van der Waals surface area (Å²) in [5.41, 5.74) is 0.733. The van der Waals surface area contributed by atoms with E-state index in [-0.39, 0.29) is 13.0 Å². The third kappa shape index (κ3) is 8.71. The molecule has 1 N–H and O–H groups in total. The van der Waals surface area contributed by atoms with Gasteiger partial charge in [-0.2, -0.15) is 0 Å². The van der Waals surface area contributed by atoms with Crippen LogP contribution in [0, 0.1) is 5.82 Å². The zero-order chi connectivity index (χ0) is 32.8. The van der Waals surface area contributed by atoms with Gasteiger partial charge in [0.15, 0.2) is 0 Å². The Kier molecular flexibility index (Phi) is 9.41. The molecular weight excluding hydrogens is 615 g/mol. The molecule has 0 amide bonds. The summed E-state index contributed by atoms with van der Waals surface area (Å²) in [7, 11) is 0. The minimum Gasteiger partial charge on any atom is -0.457 e. The lowest BCUT2D eigenvalue weighted by atomic mass is 9.70. The van der Waals surface area contributed by atoms with Gasteiger partial charge in [-0.3, -0.25) is 0 Å². The van der Waals surface area contributed by atoms with Crippen LogP contribution in [-0.2, 0) is 11.8 Å². The maximum atomic E-state index is 13.4. The number of benzene rings is 5. The summed E-state index contributed by atoms with van der Waals surface area (Å²) in [6, 6.07) is 32.0. The Balaban J connectivity index is 1.59. The molecule has 0 aliphatic rings. The van der Waals surface area contributed by atoms with Crippen LogP contribution in [0.25, 0.3) is 0 Å². The van der Waals surface area contributed by atoms with Gasteiger partial charge in [0, 0.05) is 23.7 Å². The van der Waals surface area contributed by atoms with Crippen LogP contribution >= 0.6 is 0 Å². The van der Waals surface area contributed by atoms with E-state index in [1.165, 1.54) is 48.5 Å².